The number of aromatic amines is 1. The molecular formula is C19H11F3N4O2. The molecule has 0 saturated heterocycles. The highest BCUT2D eigenvalue weighted by molar-refractivity contribution is 6.07. The summed E-state index contributed by atoms with van der Waals surface area (Å²) in [4.78, 5) is 27.3. The smallest absolute Gasteiger partial charge is 0.421 e. The maximum absolute atomic E-state index is 13.0. The van der Waals surface area contributed by atoms with Gasteiger partial charge in [0.25, 0.3) is 0 Å². The molecule has 0 aliphatic carbocycles. The van der Waals surface area contributed by atoms with Gasteiger partial charge in [-0.3, -0.25) is 4.79 Å². The van der Waals surface area contributed by atoms with Gasteiger partial charge in [0.2, 0.25) is 11.7 Å². The van der Waals surface area contributed by atoms with Gasteiger partial charge in [0.1, 0.15) is 11.3 Å². The van der Waals surface area contributed by atoms with E-state index in [1.807, 2.05) is 0 Å². The van der Waals surface area contributed by atoms with Crippen LogP contribution in [0, 0.1) is 0 Å². The minimum Gasteiger partial charge on any atom is -0.438 e. The summed E-state index contributed by atoms with van der Waals surface area (Å²) in [5.41, 5.74) is 0.356. The molecule has 0 unspecified atom stereocenters. The van der Waals surface area contributed by atoms with Crippen LogP contribution in [0.25, 0.3) is 11.2 Å². The van der Waals surface area contributed by atoms with E-state index in [9.17, 15) is 18.0 Å². The topological polar surface area (TPSA) is 80.8 Å². The maximum Gasteiger partial charge on any atom is 0.421 e. The lowest BCUT2D eigenvalue weighted by molar-refractivity contribution is -0.138. The molecule has 0 radical (unpaired) electrons. The summed E-state index contributed by atoms with van der Waals surface area (Å²) in [6.07, 6.45) is -1.82. The first-order valence-electron chi connectivity index (χ1n) is 8.07. The lowest BCUT2D eigenvalue weighted by Crippen LogP contribution is -2.08. The SMILES string of the molecule is O=C(c1ccc(Oc2ncccc2C(F)(F)F)cc1)c1nc2ncccc2[nH]1. The largest absolute Gasteiger partial charge is 0.438 e. The molecule has 0 aliphatic heterocycles. The predicted octanol–water partition coefficient (Wildman–Crippen LogP) is 4.40. The minimum absolute atomic E-state index is 0.117. The molecule has 6 nitrogen and oxygen atoms in total. The zero-order valence-corrected chi connectivity index (χ0v) is 14.1. The molecule has 9 heteroatoms. The molecule has 1 N–H and O–H groups in total. The highest BCUT2D eigenvalue weighted by Gasteiger charge is 2.35. The molecule has 1 aromatic carbocycles. The van der Waals surface area contributed by atoms with Crippen molar-refractivity contribution in [1.82, 2.24) is 19.9 Å². The first-order chi connectivity index (χ1) is 13.4. The van der Waals surface area contributed by atoms with Crippen LogP contribution in [0.1, 0.15) is 21.7 Å². The average Bonchev–Trinajstić information content (AvgIpc) is 3.12. The van der Waals surface area contributed by atoms with E-state index in [-0.39, 0.29) is 17.4 Å². The number of nitrogens with one attached hydrogen (secondary N) is 1. The molecule has 0 atom stereocenters. The Hall–Kier alpha value is -3.75. The average molecular weight is 384 g/mol. The number of pyridine rings is 2. The Balaban J connectivity index is 1.57. The van der Waals surface area contributed by atoms with Crippen molar-refractivity contribution in [3.05, 3.63) is 77.9 Å². The zero-order valence-electron chi connectivity index (χ0n) is 14.1. The third-order valence-corrected chi connectivity index (χ3v) is 3.88. The monoisotopic (exact) mass is 384 g/mol. The van der Waals surface area contributed by atoms with Crippen LogP contribution in [-0.4, -0.2) is 25.7 Å². The molecule has 0 spiro atoms. The normalized spacial score (nSPS) is 11.5. The van der Waals surface area contributed by atoms with Gasteiger partial charge in [0, 0.05) is 18.0 Å². The fourth-order valence-corrected chi connectivity index (χ4v) is 2.56. The van der Waals surface area contributed by atoms with Gasteiger partial charge in [-0.1, -0.05) is 0 Å². The Morgan fingerprint density at radius 3 is 2.39 bits per heavy atom. The van der Waals surface area contributed by atoms with Crippen LogP contribution in [0.4, 0.5) is 13.2 Å². The fourth-order valence-electron chi connectivity index (χ4n) is 2.56. The molecule has 4 rings (SSSR count). The van der Waals surface area contributed by atoms with Gasteiger partial charge in [0.05, 0.1) is 5.52 Å². The second kappa shape index (κ2) is 6.76. The van der Waals surface area contributed by atoms with Gasteiger partial charge in [-0.05, 0) is 48.5 Å². The summed E-state index contributed by atoms with van der Waals surface area (Å²) in [5, 5.41) is 0. The van der Waals surface area contributed by atoms with E-state index >= 15 is 0 Å². The van der Waals surface area contributed by atoms with Crippen molar-refractivity contribution in [2.45, 2.75) is 6.18 Å². The van der Waals surface area contributed by atoms with Crippen molar-refractivity contribution >= 4 is 16.9 Å². The molecule has 0 saturated carbocycles. The van der Waals surface area contributed by atoms with Gasteiger partial charge in [-0.2, -0.15) is 13.2 Å². The van der Waals surface area contributed by atoms with E-state index in [1.165, 1.54) is 36.5 Å². The number of H-pyrrole nitrogens is 1. The van der Waals surface area contributed by atoms with Crippen LogP contribution in [0.2, 0.25) is 0 Å². The summed E-state index contributed by atoms with van der Waals surface area (Å²) in [7, 11) is 0. The number of hydrogen-bond donors (Lipinski definition) is 1. The number of halogens is 3. The van der Waals surface area contributed by atoms with Crippen molar-refractivity contribution in [2.24, 2.45) is 0 Å². The maximum atomic E-state index is 13.0. The molecule has 0 aliphatic rings. The van der Waals surface area contributed by atoms with E-state index in [0.29, 0.717) is 16.7 Å². The van der Waals surface area contributed by atoms with Crippen molar-refractivity contribution in [3.8, 4) is 11.6 Å². The third-order valence-electron chi connectivity index (χ3n) is 3.88. The van der Waals surface area contributed by atoms with E-state index < -0.39 is 17.6 Å². The summed E-state index contributed by atoms with van der Waals surface area (Å²) < 4.78 is 44.3. The Labute approximate surface area is 156 Å². The number of ketones is 1. The number of aromatic nitrogens is 4. The predicted molar refractivity (Wildman–Crippen MR) is 93.1 cm³/mol. The Kier molecular flexibility index (Phi) is 4.26. The summed E-state index contributed by atoms with van der Waals surface area (Å²) >= 11 is 0. The first-order valence-corrected chi connectivity index (χ1v) is 8.07. The van der Waals surface area contributed by atoms with Crippen molar-refractivity contribution in [3.63, 3.8) is 0 Å². The second-order valence-electron chi connectivity index (χ2n) is 5.77. The number of alkyl halides is 3. The number of benzene rings is 1. The standard InChI is InChI=1S/C19H11F3N4O2/c20-19(21,22)13-3-1-10-24-18(13)28-12-7-5-11(6-8-12)15(27)17-25-14-4-2-9-23-16(14)26-17/h1-10H,(H,23,25,26). The van der Waals surface area contributed by atoms with Crippen molar-refractivity contribution in [2.75, 3.05) is 0 Å². The highest BCUT2D eigenvalue weighted by Crippen LogP contribution is 2.36. The van der Waals surface area contributed by atoms with E-state index in [2.05, 4.69) is 19.9 Å². The van der Waals surface area contributed by atoms with Crippen LogP contribution >= 0.6 is 0 Å². The van der Waals surface area contributed by atoms with Crippen LogP contribution in [-0.2, 0) is 6.18 Å². The minimum atomic E-state index is -4.59. The number of carbonyl (C=O) groups excluding carboxylic acids is 1. The van der Waals surface area contributed by atoms with Crippen molar-refractivity contribution in [1.29, 1.82) is 0 Å². The molecular weight excluding hydrogens is 373 g/mol. The molecule has 0 amide bonds. The van der Waals surface area contributed by atoms with Crippen LogP contribution in [0.15, 0.2) is 60.9 Å². The Morgan fingerprint density at radius 1 is 0.964 bits per heavy atom. The molecule has 0 fully saturated rings. The van der Waals surface area contributed by atoms with Gasteiger partial charge < -0.3 is 9.72 Å². The van der Waals surface area contributed by atoms with Crippen LogP contribution in [0.5, 0.6) is 11.6 Å². The number of fused-ring (bicyclic) bond motifs is 1. The second-order valence-corrected chi connectivity index (χ2v) is 5.77. The van der Waals surface area contributed by atoms with E-state index in [0.717, 1.165) is 6.07 Å². The lowest BCUT2D eigenvalue weighted by atomic mass is 10.1. The molecule has 3 heterocycles. The Bertz CT molecular complexity index is 1120. The Morgan fingerprint density at radius 2 is 1.68 bits per heavy atom. The van der Waals surface area contributed by atoms with Crippen molar-refractivity contribution < 1.29 is 22.7 Å². The quantitative estimate of drug-likeness (QED) is 0.528. The van der Waals surface area contributed by atoms with Crippen LogP contribution in [0.3, 0.4) is 0 Å². The summed E-state index contributed by atoms with van der Waals surface area (Å²) in [5.74, 6) is -0.700. The van der Waals surface area contributed by atoms with Gasteiger partial charge in [-0.15, -0.1) is 0 Å². The van der Waals surface area contributed by atoms with Gasteiger partial charge in [0.15, 0.2) is 11.5 Å². The summed E-state index contributed by atoms with van der Waals surface area (Å²) in [6, 6.07) is 11.2. The number of rotatable bonds is 4. The first kappa shape index (κ1) is 17.7. The fraction of sp³-hybridized carbons (Fsp3) is 0.0526. The van der Waals surface area contributed by atoms with E-state index in [1.54, 1.807) is 18.3 Å². The number of ether oxygens (including phenoxy) is 1. The van der Waals surface area contributed by atoms with E-state index in [4.69, 9.17) is 4.74 Å². The zero-order chi connectivity index (χ0) is 19.7. The molecule has 28 heavy (non-hydrogen) atoms. The molecule has 3 aromatic heterocycles. The highest BCUT2D eigenvalue weighted by atomic mass is 19.4. The molecule has 4 aromatic rings. The number of carbonyl (C=O) groups is 1. The number of nitrogens with zero attached hydrogens (tertiary/aromatic N) is 3. The molecule has 0 bridgehead atoms. The van der Waals surface area contributed by atoms with Gasteiger partial charge >= 0.3 is 6.18 Å². The van der Waals surface area contributed by atoms with Crippen LogP contribution < -0.4 is 4.74 Å². The third kappa shape index (κ3) is 3.41. The van der Waals surface area contributed by atoms with Gasteiger partial charge in [-0.25, -0.2) is 15.0 Å². The lowest BCUT2D eigenvalue weighted by Gasteiger charge is -2.12. The molecule has 140 valence electrons. The number of imidazole rings is 1. The summed E-state index contributed by atoms with van der Waals surface area (Å²) in [6.45, 7) is 0. The number of hydrogen-bond acceptors (Lipinski definition) is 5.